The highest BCUT2D eigenvalue weighted by atomic mass is 16.4. The van der Waals surface area contributed by atoms with E-state index in [4.69, 9.17) is 5.11 Å². The number of nitrogens with zero attached hydrogens (tertiary/aromatic N) is 2. The third kappa shape index (κ3) is 3.60. The SMILES string of the molecule is CC1CN(C)CCC1NC(=O)N(C)C(C)C(=O)O. The molecule has 0 bridgehead atoms. The minimum absolute atomic E-state index is 0.122. The van der Waals surface area contributed by atoms with Gasteiger partial charge in [-0.2, -0.15) is 0 Å². The second kappa shape index (κ2) is 6.04. The number of carboxylic acids is 1. The molecular weight excluding hydrogens is 234 g/mol. The van der Waals surface area contributed by atoms with Crippen molar-refractivity contribution in [1.82, 2.24) is 15.1 Å². The monoisotopic (exact) mass is 257 g/mol. The first-order chi connectivity index (χ1) is 8.32. The number of urea groups is 1. The van der Waals surface area contributed by atoms with E-state index in [0.717, 1.165) is 19.5 Å². The van der Waals surface area contributed by atoms with Crippen molar-refractivity contribution in [1.29, 1.82) is 0 Å². The van der Waals surface area contributed by atoms with Gasteiger partial charge >= 0.3 is 12.0 Å². The summed E-state index contributed by atoms with van der Waals surface area (Å²) in [5, 5.41) is 11.8. The summed E-state index contributed by atoms with van der Waals surface area (Å²) < 4.78 is 0. The number of nitrogens with one attached hydrogen (secondary N) is 1. The molecule has 2 N–H and O–H groups in total. The summed E-state index contributed by atoms with van der Waals surface area (Å²) in [6, 6.07) is -1.00. The molecule has 0 saturated carbocycles. The van der Waals surface area contributed by atoms with Crippen molar-refractivity contribution in [3.63, 3.8) is 0 Å². The fourth-order valence-corrected chi connectivity index (χ4v) is 2.17. The second-order valence-corrected chi connectivity index (χ2v) is 5.21. The molecule has 0 aromatic heterocycles. The van der Waals surface area contributed by atoms with Crippen LogP contribution in [0.3, 0.4) is 0 Å². The molecule has 18 heavy (non-hydrogen) atoms. The molecule has 1 rings (SSSR count). The lowest BCUT2D eigenvalue weighted by Gasteiger charge is -2.36. The average Bonchev–Trinajstić information content (AvgIpc) is 2.30. The normalized spacial score (nSPS) is 26.4. The van der Waals surface area contributed by atoms with Gasteiger partial charge in [0.15, 0.2) is 0 Å². The molecule has 1 heterocycles. The van der Waals surface area contributed by atoms with E-state index in [2.05, 4.69) is 24.2 Å². The zero-order valence-electron chi connectivity index (χ0n) is 11.5. The van der Waals surface area contributed by atoms with Crippen LogP contribution in [0.2, 0.25) is 0 Å². The number of carbonyl (C=O) groups excluding carboxylic acids is 1. The highest BCUT2D eigenvalue weighted by Crippen LogP contribution is 2.15. The number of piperidine rings is 1. The summed E-state index contributed by atoms with van der Waals surface area (Å²) in [6.45, 7) is 5.50. The maximum absolute atomic E-state index is 11.9. The van der Waals surface area contributed by atoms with Gasteiger partial charge < -0.3 is 20.2 Å². The predicted molar refractivity (Wildman–Crippen MR) is 68.5 cm³/mol. The number of amides is 2. The van der Waals surface area contributed by atoms with E-state index < -0.39 is 12.0 Å². The third-order valence-corrected chi connectivity index (χ3v) is 3.68. The molecule has 104 valence electrons. The van der Waals surface area contributed by atoms with Gasteiger partial charge in [-0.15, -0.1) is 0 Å². The predicted octanol–water partition coefficient (Wildman–Crippen LogP) is 0.441. The van der Waals surface area contributed by atoms with Gasteiger partial charge in [-0.1, -0.05) is 6.92 Å². The van der Waals surface area contributed by atoms with Crippen LogP contribution in [0.4, 0.5) is 4.79 Å². The Morgan fingerprint density at radius 3 is 2.61 bits per heavy atom. The number of likely N-dealkylation sites (tertiary alicyclic amines) is 1. The Bertz CT molecular complexity index is 322. The first-order valence-electron chi connectivity index (χ1n) is 6.27. The lowest BCUT2D eigenvalue weighted by atomic mass is 9.94. The fourth-order valence-electron chi connectivity index (χ4n) is 2.17. The van der Waals surface area contributed by atoms with Gasteiger partial charge in [0, 0.05) is 19.6 Å². The second-order valence-electron chi connectivity index (χ2n) is 5.21. The highest BCUT2D eigenvalue weighted by molar-refractivity contribution is 5.82. The van der Waals surface area contributed by atoms with Crippen molar-refractivity contribution in [3.8, 4) is 0 Å². The lowest BCUT2D eigenvalue weighted by molar-refractivity contribution is -0.141. The molecular formula is C12H23N3O3. The van der Waals surface area contributed by atoms with Crippen molar-refractivity contribution in [3.05, 3.63) is 0 Å². The Morgan fingerprint density at radius 2 is 2.11 bits per heavy atom. The number of carboxylic acid groups (broad SMARTS) is 1. The van der Waals surface area contributed by atoms with Gasteiger partial charge in [0.1, 0.15) is 6.04 Å². The van der Waals surface area contributed by atoms with Gasteiger partial charge in [0.2, 0.25) is 0 Å². The Labute approximate surface area is 108 Å². The van der Waals surface area contributed by atoms with Crippen molar-refractivity contribution in [2.45, 2.75) is 32.4 Å². The van der Waals surface area contributed by atoms with E-state index in [-0.39, 0.29) is 12.1 Å². The maximum Gasteiger partial charge on any atom is 0.326 e. The summed E-state index contributed by atoms with van der Waals surface area (Å²) in [5.74, 6) is -0.620. The number of hydrogen-bond donors (Lipinski definition) is 2. The van der Waals surface area contributed by atoms with Gasteiger partial charge in [-0.3, -0.25) is 0 Å². The van der Waals surface area contributed by atoms with Crippen LogP contribution < -0.4 is 5.32 Å². The van der Waals surface area contributed by atoms with E-state index in [1.54, 1.807) is 0 Å². The molecule has 0 aromatic carbocycles. The molecule has 0 aromatic rings. The minimum atomic E-state index is -0.996. The Morgan fingerprint density at radius 1 is 1.50 bits per heavy atom. The van der Waals surface area contributed by atoms with Gasteiger partial charge in [0.25, 0.3) is 0 Å². The van der Waals surface area contributed by atoms with Crippen LogP contribution in [0.1, 0.15) is 20.3 Å². The lowest BCUT2D eigenvalue weighted by Crippen LogP contribution is -2.54. The zero-order valence-corrected chi connectivity index (χ0v) is 11.5. The number of hydrogen-bond acceptors (Lipinski definition) is 3. The van der Waals surface area contributed by atoms with Crippen LogP contribution in [-0.4, -0.2) is 66.2 Å². The van der Waals surface area contributed by atoms with E-state index in [9.17, 15) is 9.59 Å². The van der Waals surface area contributed by atoms with Crippen molar-refractivity contribution >= 4 is 12.0 Å². The first-order valence-corrected chi connectivity index (χ1v) is 6.27. The summed E-state index contributed by atoms with van der Waals surface area (Å²) in [6.07, 6.45) is 0.901. The fraction of sp³-hybridized carbons (Fsp3) is 0.833. The molecule has 0 aliphatic carbocycles. The molecule has 6 heteroatoms. The number of aliphatic carboxylic acids is 1. The molecule has 1 aliphatic rings. The molecule has 3 atom stereocenters. The summed E-state index contributed by atoms with van der Waals surface area (Å²) in [4.78, 5) is 26.2. The molecule has 0 radical (unpaired) electrons. The molecule has 1 aliphatic heterocycles. The largest absolute Gasteiger partial charge is 0.480 e. The van der Waals surface area contributed by atoms with Crippen molar-refractivity contribution < 1.29 is 14.7 Å². The summed E-state index contributed by atoms with van der Waals surface area (Å²) in [5.41, 5.74) is 0. The van der Waals surface area contributed by atoms with E-state index in [1.807, 2.05) is 0 Å². The van der Waals surface area contributed by atoms with E-state index >= 15 is 0 Å². The maximum atomic E-state index is 11.9. The van der Waals surface area contributed by atoms with Crippen LogP contribution in [-0.2, 0) is 4.79 Å². The van der Waals surface area contributed by atoms with Crippen LogP contribution in [0.15, 0.2) is 0 Å². The molecule has 2 amide bonds. The zero-order chi connectivity index (χ0) is 13.9. The molecule has 3 unspecified atom stereocenters. The smallest absolute Gasteiger partial charge is 0.326 e. The summed E-state index contributed by atoms with van der Waals surface area (Å²) >= 11 is 0. The van der Waals surface area contributed by atoms with Gasteiger partial charge in [0.05, 0.1) is 0 Å². The third-order valence-electron chi connectivity index (χ3n) is 3.68. The Kier molecular flexibility index (Phi) is 4.95. The highest BCUT2D eigenvalue weighted by Gasteiger charge is 2.28. The molecule has 0 spiro atoms. The summed E-state index contributed by atoms with van der Waals surface area (Å²) in [7, 11) is 3.57. The van der Waals surface area contributed by atoms with Crippen LogP contribution in [0.5, 0.6) is 0 Å². The van der Waals surface area contributed by atoms with E-state index in [0.29, 0.717) is 5.92 Å². The standard InChI is InChI=1S/C12H23N3O3/c1-8-7-14(3)6-5-10(8)13-12(18)15(4)9(2)11(16)17/h8-10H,5-7H2,1-4H3,(H,13,18)(H,16,17). The van der Waals surface area contributed by atoms with Gasteiger partial charge in [-0.25, -0.2) is 9.59 Å². The number of likely N-dealkylation sites (N-methyl/N-ethyl adjacent to an activating group) is 1. The first kappa shape index (κ1) is 14.8. The minimum Gasteiger partial charge on any atom is -0.480 e. The van der Waals surface area contributed by atoms with Gasteiger partial charge in [-0.05, 0) is 32.9 Å². The van der Waals surface area contributed by atoms with Crippen LogP contribution >= 0.6 is 0 Å². The Balaban J connectivity index is 2.51. The quantitative estimate of drug-likeness (QED) is 0.769. The topological polar surface area (TPSA) is 72.9 Å². The molecule has 6 nitrogen and oxygen atoms in total. The van der Waals surface area contributed by atoms with E-state index in [1.165, 1.54) is 18.9 Å². The van der Waals surface area contributed by atoms with Crippen LogP contribution in [0, 0.1) is 5.92 Å². The number of carbonyl (C=O) groups is 2. The molecule has 1 fully saturated rings. The van der Waals surface area contributed by atoms with Crippen molar-refractivity contribution in [2.75, 3.05) is 27.2 Å². The molecule has 1 saturated heterocycles. The number of rotatable bonds is 3. The average molecular weight is 257 g/mol. The van der Waals surface area contributed by atoms with Crippen LogP contribution in [0.25, 0.3) is 0 Å². The van der Waals surface area contributed by atoms with Crippen molar-refractivity contribution in [2.24, 2.45) is 5.92 Å². The Hall–Kier alpha value is -1.30.